The Balaban J connectivity index is 1.22. The first-order valence-corrected chi connectivity index (χ1v) is 16.0. The Morgan fingerprint density at radius 2 is 0.833 bits per heavy atom. The number of benzene rings is 7. The van der Waals surface area contributed by atoms with E-state index in [4.69, 9.17) is 0 Å². The molecule has 48 heavy (non-hydrogen) atoms. The Hall–Kier alpha value is -6.52. The normalized spacial score (nSPS) is 12.6. The number of fused-ring (bicyclic) bond motifs is 4. The number of hydrogen-bond acceptors (Lipinski definition) is 2. The lowest BCUT2D eigenvalue weighted by molar-refractivity contribution is 0.0926. The molecule has 9 rings (SSSR count). The van der Waals surface area contributed by atoms with Gasteiger partial charge in [-0.05, 0) is 81.9 Å². The summed E-state index contributed by atoms with van der Waals surface area (Å²) in [6, 6.07) is 56.9. The summed E-state index contributed by atoms with van der Waals surface area (Å²) in [5.41, 5.74) is 10.6. The van der Waals surface area contributed by atoms with Crippen LogP contribution in [0, 0.1) is 0 Å². The van der Waals surface area contributed by atoms with Crippen molar-refractivity contribution < 1.29 is 9.59 Å². The van der Waals surface area contributed by atoms with Crippen LogP contribution in [0.3, 0.4) is 0 Å². The van der Waals surface area contributed by atoms with Crippen LogP contribution in [0.4, 0.5) is 5.69 Å². The van der Waals surface area contributed by atoms with Crippen molar-refractivity contribution in [3.8, 4) is 39.1 Å². The van der Waals surface area contributed by atoms with E-state index in [1.54, 1.807) is 6.07 Å². The summed E-state index contributed by atoms with van der Waals surface area (Å²) >= 11 is 0. The van der Waals surface area contributed by atoms with Crippen LogP contribution < -0.4 is 4.90 Å². The Bertz CT molecular complexity index is 2420. The lowest BCUT2D eigenvalue weighted by atomic mass is 10.0. The van der Waals surface area contributed by atoms with Crippen LogP contribution in [0.25, 0.3) is 60.9 Å². The topological polar surface area (TPSA) is 42.3 Å². The molecule has 0 saturated heterocycles. The third-order valence-corrected chi connectivity index (χ3v) is 9.35. The molecular weight excluding hydrogens is 588 g/mol. The molecule has 0 radical (unpaired) electrons. The molecule has 0 bridgehead atoms. The highest BCUT2D eigenvalue weighted by atomic mass is 16.2. The van der Waals surface area contributed by atoms with E-state index in [-0.39, 0.29) is 11.8 Å². The third kappa shape index (κ3) is 4.38. The van der Waals surface area contributed by atoms with E-state index >= 15 is 0 Å². The molecular formula is C44H28N2O2. The Morgan fingerprint density at radius 3 is 1.35 bits per heavy atom. The zero-order valence-electron chi connectivity index (χ0n) is 25.9. The van der Waals surface area contributed by atoms with Crippen LogP contribution in [0.1, 0.15) is 20.7 Å². The molecule has 1 aliphatic rings. The first kappa shape index (κ1) is 27.8. The third-order valence-electron chi connectivity index (χ3n) is 9.35. The van der Waals surface area contributed by atoms with Gasteiger partial charge in [0.25, 0.3) is 11.8 Å². The molecule has 0 saturated carbocycles. The number of carbonyl (C=O) groups excluding carboxylic acids is 2. The highest BCUT2D eigenvalue weighted by molar-refractivity contribution is 6.35. The summed E-state index contributed by atoms with van der Waals surface area (Å²) in [5, 5.41) is 2.15. The van der Waals surface area contributed by atoms with Crippen LogP contribution in [0.5, 0.6) is 0 Å². The minimum atomic E-state index is -0.324. The number of rotatable bonds is 5. The lowest BCUT2D eigenvalue weighted by Gasteiger charge is -2.15. The molecule has 7 aromatic carbocycles. The Kier molecular flexibility index (Phi) is 6.41. The first-order valence-electron chi connectivity index (χ1n) is 16.0. The molecule has 1 aromatic heterocycles. The predicted molar refractivity (Wildman–Crippen MR) is 195 cm³/mol. The molecule has 1 aliphatic heterocycles. The molecule has 4 nitrogen and oxygen atoms in total. The number of amides is 2. The fourth-order valence-electron chi connectivity index (χ4n) is 7.03. The quantitative estimate of drug-likeness (QED) is 0.181. The molecule has 2 amide bonds. The molecule has 0 spiro atoms. The second-order valence-corrected chi connectivity index (χ2v) is 12.1. The van der Waals surface area contributed by atoms with Gasteiger partial charge in [-0.2, -0.15) is 0 Å². The van der Waals surface area contributed by atoms with E-state index in [9.17, 15) is 9.59 Å². The fourth-order valence-corrected chi connectivity index (χ4v) is 7.03. The van der Waals surface area contributed by atoms with E-state index < -0.39 is 0 Å². The van der Waals surface area contributed by atoms with E-state index in [0.717, 1.165) is 55.2 Å². The van der Waals surface area contributed by atoms with Crippen molar-refractivity contribution in [1.29, 1.82) is 0 Å². The van der Waals surface area contributed by atoms with Gasteiger partial charge in [-0.25, -0.2) is 4.90 Å². The monoisotopic (exact) mass is 616 g/mol. The van der Waals surface area contributed by atoms with Crippen LogP contribution in [-0.4, -0.2) is 16.4 Å². The molecule has 0 aliphatic carbocycles. The van der Waals surface area contributed by atoms with Crippen molar-refractivity contribution in [2.45, 2.75) is 0 Å². The zero-order chi connectivity index (χ0) is 32.2. The van der Waals surface area contributed by atoms with Gasteiger partial charge in [-0.15, -0.1) is 0 Å². The number of carbonyl (C=O) groups is 2. The smallest absolute Gasteiger partial charge is 0.268 e. The molecule has 0 N–H and O–H groups in total. The maximum atomic E-state index is 14.3. The molecule has 0 fully saturated rings. The summed E-state index contributed by atoms with van der Waals surface area (Å²) < 4.78 is 2.14. The zero-order valence-corrected chi connectivity index (χ0v) is 25.9. The molecule has 8 aromatic rings. The largest absolute Gasteiger partial charge is 0.308 e. The highest BCUT2D eigenvalue weighted by Crippen LogP contribution is 2.40. The van der Waals surface area contributed by atoms with Gasteiger partial charge in [0.05, 0.1) is 33.5 Å². The summed E-state index contributed by atoms with van der Waals surface area (Å²) in [5.74, 6) is -0.641. The van der Waals surface area contributed by atoms with Crippen LogP contribution in [0.15, 0.2) is 170 Å². The van der Waals surface area contributed by atoms with Gasteiger partial charge >= 0.3 is 0 Å². The number of nitrogens with zero attached hydrogens (tertiary/aromatic N) is 2. The number of imide groups is 1. The van der Waals surface area contributed by atoms with Crippen molar-refractivity contribution in [3.05, 3.63) is 181 Å². The van der Waals surface area contributed by atoms with Gasteiger partial charge in [0.2, 0.25) is 0 Å². The Morgan fingerprint density at radius 1 is 0.375 bits per heavy atom. The van der Waals surface area contributed by atoms with Crippen molar-refractivity contribution in [2.75, 3.05) is 4.90 Å². The summed E-state index contributed by atoms with van der Waals surface area (Å²) in [6.45, 7) is 0. The van der Waals surface area contributed by atoms with E-state index in [1.165, 1.54) is 4.90 Å². The van der Waals surface area contributed by atoms with Crippen molar-refractivity contribution >= 4 is 39.3 Å². The van der Waals surface area contributed by atoms with Gasteiger partial charge in [0.15, 0.2) is 0 Å². The van der Waals surface area contributed by atoms with E-state index in [0.29, 0.717) is 22.5 Å². The second kappa shape index (κ2) is 11.1. The van der Waals surface area contributed by atoms with Crippen molar-refractivity contribution in [2.24, 2.45) is 0 Å². The van der Waals surface area contributed by atoms with Gasteiger partial charge < -0.3 is 4.57 Å². The average molecular weight is 617 g/mol. The van der Waals surface area contributed by atoms with Crippen molar-refractivity contribution in [1.82, 2.24) is 4.57 Å². The van der Waals surface area contributed by atoms with E-state index in [2.05, 4.69) is 65.2 Å². The molecule has 226 valence electrons. The molecule has 2 heterocycles. The van der Waals surface area contributed by atoms with Crippen molar-refractivity contribution in [3.63, 3.8) is 0 Å². The SMILES string of the molecule is O=C1c2cccc(-n3c4ccc(-c5ccccc5)cc4c4cc(-c5ccccc5)ccc43)c2C(=O)N1c1ccc(-c2ccccc2)cc1. The minimum absolute atomic E-state index is 0.317. The molecule has 0 atom stereocenters. The van der Waals surface area contributed by atoms with Gasteiger partial charge in [0.1, 0.15) is 0 Å². The summed E-state index contributed by atoms with van der Waals surface area (Å²) in [4.78, 5) is 29.5. The second-order valence-electron chi connectivity index (χ2n) is 12.1. The van der Waals surface area contributed by atoms with Crippen LogP contribution in [-0.2, 0) is 0 Å². The maximum absolute atomic E-state index is 14.3. The number of aromatic nitrogens is 1. The summed E-state index contributed by atoms with van der Waals surface area (Å²) in [6.07, 6.45) is 0. The van der Waals surface area contributed by atoms with Crippen LogP contribution in [0.2, 0.25) is 0 Å². The highest BCUT2D eigenvalue weighted by Gasteiger charge is 2.39. The van der Waals surface area contributed by atoms with Crippen LogP contribution >= 0.6 is 0 Å². The fraction of sp³-hybridized carbons (Fsp3) is 0. The van der Waals surface area contributed by atoms with Gasteiger partial charge in [-0.3, -0.25) is 9.59 Å². The molecule has 4 heteroatoms. The molecule has 0 unspecified atom stereocenters. The lowest BCUT2D eigenvalue weighted by Crippen LogP contribution is -2.29. The standard InChI is InChI=1S/C44H28N2O2/c47-43-36-17-10-18-41(42(36)44(48)45(43)35-23-19-32(20-24-35)29-11-4-1-5-12-29)46-39-25-21-33(30-13-6-2-7-14-30)27-37(39)38-28-34(22-26-40(38)46)31-15-8-3-9-16-31/h1-28H. The first-order chi connectivity index (χ1) is 23.7. The minimum Gasteiger partial charge on any atom is -0.308 e. The number of anilines is 1. The average Bonchev–Trinajstić information content (AvgIpc) is 3.62. The van der Waals surface area contributed by atoms with Gasteiger partial charge in [-0.1, -0.05) is 121 Å². The van der Waals surface area contributed by atoms with Gasteiger partial charge in [0, 0.05) is 10.8 Å². The van der Waals surface area contributed by atoms with E-state index in [1.807, 2.05) is 103 Å². The maximum Gasteiger partial charge on any atom is 0.268 e. The summed E-state index contributed by atoms with van der Waals surface area (Å²) in [7, 11) is 0. The Labute approximate surface area is 277 Å². The predicted octanol–water partition coefficient (Wildman–Crippen LogP) is 10.6. The number of hydrogen-bond donors (Lipinski definition) is 0.